The van der Waals surface area contributed by atoms with Crippen molar-refractivity contribution in [3.05, 3.63) is 21.3 Å². The average Bonchev–Trinajstić information content (AvgIpc) is 2.63. The largest absolute Gasteiger partial charge is 0.293 e. The average molecular weight is 257 g/mol. The van der Waals surface area contributed by atoms with E-state index in [1.54, 1.807) is 0 Å². The second-order valence-corrected chi connectivity index (χ2v) is 6.23. The van der Waals surface area contributed by atoms with E-state index in [4.69, 9.17) is 11.6 Å². The Morgan fingerprint density at radius 1 is 1.12 bits per heavy atom. The third-order valence-corrected chi connectivity index (χ3v) is 4.54. The monoisotopic (exact) mass is 256 g/mol. The summed E-state index contributed by atoms with van der Waals surface area (Å²) in [6.07, 6.45) is 8.45. The summed E-state index contributed by atoms with van der Waals surface area (Å²) in [7, 11) is 0. The molecular weight excluding hydrogens is 240 g/mol. The number of halogens is 1. The van der Waals surface area contributed by atoms with E-state index >= 15 is 0 Å². The number of carbonyl (C=O) groups excluding carboxylic acids is 1. The van der Waals surface area contributed by atoms with Crippen molar-refractivity contribution in [2.24, 2.45) is 5.92 Å². The van der Waals surface area contributed by atoms with Gasteiger partial charge in [0.05, 0.1) is 9.21 Å². The van der Waals surface area contributed by atoms with Gasteiger partial charge in [0.2, 0.25) is 0 Å². The molecule has 0 spiro atoms. The first-order valence-corrected chi connectivity index (χ1v) is 7.26. The fraction of sp³-hybridized carbons (Fsp3) is 0.615. The first-order chi connectivity index (χ1) is 7.77. The number of Topliss-reactive ketones (excluding diaryl/α,β-unsaturated/α-hetero) is 1. The number of thiophene rings is 1. The molecule has 1 heterocycles. The first-order valence-electron chi connectivity index (χ1n) is 6.07. The first kappa shape index (κ1) is 12.1. The summed E-state index contributed by atoms with van der Waals surface area (Å²) in [4.78, 5) is 13.1. The Morgan fingerprint density at radius 3 is 2.31 bits per heavy atom. The molecule has 0 saturated heterocycles. The quantitative estimate of drug-likeness (QED) is 0.685. The zero-order chi connectivity index (χ0) is 11.4. The van der Waals surface area contributed by atoms with Crippen molar-refractivity contribution in [3.63, 3.8) is 0 Å². The van der Waals surface area contributed by atoms with Crippen molar-refractivity contribution in [3.8, 4) is 0 Å². The van der Waals surface area contributed by atoms with Gasteiger partial charge in [0.25, 0.3) is 0 Å². The van der Waals surface area contributed by atoms with Crippen LogP contribution in [0.2, 0.25) is 4.34 Å². The van der Waals surface area contributed by atoms with Crippen molar-refractivity contribution < 1.29 is 4.79 Å². The van der Waals surface area contributed by atoms with Crippen molar-refractivity contribution in [1.29, 1.82) is 0 Å². The number of rotatable bonds is 2. The van der Waals surface area contributed by atoms with E-state index in [1.807, 2.05) is 12.1 Å². The van der Waals surface area contributed by atoms with Crippen molar-refractivity contribution >= 4 is 28.7 Å². The van der Waals surface area contributed by atoms with E-state index in [0.717, 1.165) is 17.7 Å². The van der Waals surface area contributed by atoms with Gasteiger partial charge in [-0.15, -0.1) is 11.3 Å². The molecule has 0 aromatic carbocycles. The fourth-order valence-electron chi connectivity index (χ4n) is 2.37. The van der Waals surface area contributed by atoms with E-state index in [0.29, 0.717) is 10.1 Å². The van der Waals surface area contributed by atoms with E-state index in [2.05, 4.69) is 0 Å². The van der Waals surface area contributed by atoms with Crippen LogP contribution in [-0.2, 0) is 0 Å². The highest BCUT2D eigenvalue weighted by molar-refractivity contribution is 7.18. The van der Waals surface area contributed by atoms with Gasteiger partial charge in [-0.05, 0) is 25.0 Å². The van der Waals surface area contributed by atoms with Crippen LogP contribution in [0.15, 0.2) is 12.1 Å². The lowest BCUT2D eigenvalue weighted by atomic mass is 9.88. The Labute approximate surface area is 106 Å². The van der Waals surface area contributed by atoms with E-state index < -0.39 is 0 Å². The number of carbonyl (C=O) groups is 1. The summed E-state index contributed by atoms with van der Waals surface area (Å²) in [5.74, 6) is 0.564. The van der Waals surface area contributed by atoms with Gasteiger partial charge < -0.3 is 0 Å². The maximum Gasteiger partial charge on any atom is 0.175 e. The van der Waals surface area contributed by atoms with Crippen LogP contribution in [0.5, 0.6) is 0 Å². The van der Waals surface area contributed by atoms with Gasteiger partial charge in [-0.2, -0.15) is 0 Å². The summed E-state index contributed by atoms with van der Waals surface area (Å²) in [6.45, 7) is 0. The van der Waals surface area contributed by atoms with Gasteiger partial charge in [-0.25, -0.2) is 0 Å². The van der Waals surface area contributed by atoms with Gasteiger partial charge in [0, 0.05) is 5.92 Å². The van der Waals surface area contributed by atoms with Crippen LogP contribution in [0, 0.1) is 5.92 Å². The molecule has 0 bridgehead atoms. The Kier molecular flexibility index (Phi) is 4.42. The molecule has 88 valence electrons. The molecule has 1 aliphatic carbocycles. The normalized spacial score (nSPS) is 19.1. The molecule has 1 aromatic heterocycles. The standard InChI is InChI=1S/C13H17ClOS/c14-12-9-8-11(16-12)13(15)10-6-4-2-1-3-5-7-10/h8-10H,1-7H2. The van der Waals surface area contributed by atoms with Crippen LogP contribution >= 0.6 is 22.9 Å². The molecule has 0 amide bonds. The van der Waals surface area contributed by atoms with Gasteiger partial charge in [-0.1, -0.05) is 43.7 Å². The van der Waals surface area contributed by atoms with E-state index in [9.17, 15) is 4.79 Å². The maximum absolute atomic E-state index is 12.2. The lowest BCUT2D eigenvalue weighted by Gasteiger charge is -2.17. The molecule has 1 fully saturated rings. The predicted molar refractivity (Wildman–Crippen MR) is 69.5 cm³/mol. The minimum absolute atomic E-state index is 0.245. The van der Waals surface area contributed by atoms with Crippen LogP contribution in [0.25, 0.3) is 0 Å². The van der Waals surface area contributed by atoms with E-state index in [1.165, 1.54) is 43.4 Å². The number of ketones is 1. The second-order valence-electron chi connectivity index (χ2n) is 4.51. The summed E-state index contributed by atoms with van der Waals surface area (Å²) < 4.78 is 0.717. The van der Waals surface area contributed by atoms with Crippen molar-refractivity contribution in [1.82, 2.24) is 0 Å². The number of hydrogen-bond acceptors (Lipinski definition) is 2. The van der Waals surface area contributed by atoms with Gasteiger partial charge in [0.15, 0.2) is 5.78 Å². The SMILES string of the molecule is O=C(c1ccc(Cl)s1)C1CCCCCCC1. The molecule has 1 nitrogen and oxygen atoms in total. The van der Waals surface area contributed by atoms with Crippen LogP contribution < -0.4 is 0 Å². The van der Waals surface area contributed by atoms with Crippen molar-refractivity contribution in [2.45, 2.75) is 44.9 Å². The zero-order valence-electron chi connectivity index (χ0n) is 9.38. The highest BCUT2D eigenvalue weighted by Crippen LogP contribution is 2.29. The fourth-order valence-corrected chi connectivity index (χ4v) is 3.43. The lowest BCUT2D eigenvalue weighted by Crippen LogP contribution is -2.15. The molecular formula is C13H17ClOS. The maximum atomic E-state index is 12.2. The van der Waals surface area contributed by atoms with Crippen molar-refractivity contribution in [2.75, 3.05) is 0 Å². The lowest BCUT2D eigenvalue weighted by molar-refractivity contribution is 0.0902. The Hall–Kier alpha value is -0.340. The predicted octanol–water partition coefficient (Wildman–Crippen LogP) is 4.94. The van der Waals surface area contributed by atoms with Gasteiger partial charge in [0.1, 0.15) is 0 Å². The molecule has 1 saturated carbocycles. The molecule has 0 radical (unpaired) electrons. The van der Waals surface area contributed by atoms with Gasteiger partial charge >= 0.3 is 0 Å². The summed E-state index contributed by atoms with van der Waals surface area (Å²) >= 11 is 7.29. The highest BCUT2D eigenvalue weighted by Gasteiger charge is 2.21. The second kappa shape index (κ2) is 5.83. The molecule has 16 heavy (non-hydrogen) atoms. The molecule has 0 N–H and O–H groups in total. The Morgan fingerprint density at radius 2 is 1.75 bits per heavy atom. The minimum atomic E-state index is 0.245. The third-order valence-electron chi connectivity index (χ3n) is 3.29. The Balaban J connectivity index is 2.01. The summed E-state index contributed by atoms with van der Waals surface area (Å²) in [5.41, 5.74) is 0. The topological polar surface area (TPSA) is 17.1 Å². The van der Waals surface area contributed by atoms with Crippen LogP contribution in [0.3, 0.4) is 0 Å². The third kappa shape index (κ3) is 3.08. The van der Waals surface area contributed by atoms with Crippen LogP contribution in [0.4, 0.5) is 0 Å². The molecule has 0 aliphatic heterocycles. The smallest absolute Gasteiger partial charge is 0.175 e. The summed E-state index contributed by atoms with van der Waals surface area (Å²) in [6, 6.07) is 3.69. The molecule has 3 heteroatoms. The number of hydrogen-bond donors (Lipinski definition) is 0. The molecule has 2 rings (SSSR count). The zero-order valence-corrected chi connectivity index (χ0v) is 10.9. The molecule has 1 aliphatic rings. The minimum Gasteiger partial charge on any atom is -0.293 e. The Bertz CT molecular complexity index is 351. The van der Waals surface area contributed by atoms with E-state index in [-0.39, 0.29) is 5.92 Å². The molecule has 0 unspecified atom stereocenters. The van der Waals surface area contributed by atoms with Crippen LogP contribution in [-0.4, -0.2) is 5.78 Å². The molecule has 1 aromatic rings. The molecule has 0 atom stereocenters. The van der Waals surface area contributed by atoms with Crippen LogP contribution in [0.1, 0.15) is 54.6 Å². The summed E-state index contributed by atoms with van der Waals surface area (Å²) in [5, 5.41) is 0. The highest BCUT2D eigenvalue weighted by atomic mass is 35.5. The van der Waals surface area contributed by atoms with Gasteiger partial charge in [-0.3, -0.25) is 4.79 Å².